The number of aliphatic hydroxyl groups is 2. The number of nitrogens with one attached hydrogen (secondary N) is 1. The summed E-state index contributed by atoms with van der Waals surface area (Å²) in [5, 5.41) is 30.3. The molecule has 0 aromatic heterocycles. The van der Waals surface area contributed by atoms with E-state index in [0.717, 1.165) is 0 Å². The van der Waals surface area contributed by atoms with E-state index in [1.54, 1.807) is 24.3 Å². The minimum Gasteiger partial charge on any atom is -0.387 e. The number of carbonyl (C=O) groups is 1. The largest absolute Gasteiger partial charge is 0.387 e. The minimum absolute atomic E-state index is 0.0112. The van der Waals surface area contributed by atoms with Crippen LogP contribution >= 0.6 is 0 Å². The Morgan fingerprint density at radius 3 is 2.44 bits per heavy atom. The molecule has 1 aromatic carbocycles. The zero-order chi connectivity index (χ0) is 13.5. The molecule has 6 heteroatoms. The molecule has 0 saturated heterocycles. The quantitative estimate of drug-likeness (QED) is 0.517. The molecule has 0 aliphatic heterocycles. The smallest absolute Gasteiger partial charge is 0.247 e. The van der Waals surface area contributed by atoms with Crippen LogP contribution in [-0.2, 0) is 4.79 Å². The van der Waals surface area contributed by atoms with Gasteiger partial charge in [0, 0.05) is 13.1 Å². The number of benzene rings is 1. The average Bonchev–Trinajstić information content (AvgIpc) is 2.38. The zero-order valence-electron chi connectivity index (χ0n) is 9.71. The highest BCUT2D eigenvalue weighted by Crippen LogP contribution is 2.12. The zero-order valence-corrected chi connectivity index (χ0v) is 9.71. The van der Waals surface area contributed by atoms with E-state index >= 15 is 0 Å². The Hall–Kier alpha value is -1.94. The summed E-state index contributed by atoms with van der Waals surface area (Å²) in [5.41, 5.74) is 6.04. The lowest BCUT2D eigenvalue weighted by Gasteiger charge is -2.13. The van der Waals surface area contributed by atoms with Gasteiger partial charge in [-0.3, -0.25) is 4.79 Å². The van der Waals surface area contributed by atoms with Gasteiger partial charge < -0.3 is 21.3 Å². The van der Waals surface area contributed by atoms with E-state index in [4.69, 9.17) is 16.1 Å². The number of aliphatic hydroxyl groups excluding tert-OH is 2. The van der Waals surface area contributed by atoms with Crippen molar-refractivity contribution in [3.63, 3.8) is 0 Å². The van der Waals surface area contributed by atoms with E-state index in [1.807, 2.05) is 6.07 Å². The summed E-state index contributed by atoms with van der Waals surface area (Å²) in [4.78, 5) is 10.6. The summed E-state index contributed by atoms with van der Waals surface area (Å²) in [5.74, 6) is -0.810. The Balaban J connectivity index is 2.43. The fraction of sp³-hybridized carbons (Fsp3) is 0.333. The lowest BCUT2D eigenvalue weighted by molar-refractivity contribution is -0.125. The van der Waals surface area contributed by atoms with Crippen LogP contribution in [0.2, 0.25) is 0 Å². The van der Waals surface area contributed by atoms with Gasteiger partial charge in [0.05, 0.1) is 17.7 Å². The summed E-state index contributed by atoms with van der Waals surface area (Å²) in [6.07, 6.45) is -2.05. The number of carbonyl (C=O) groups excluding carboxylic acids is 1. The number of nitrogens with two attached hydrogens (primary N) is 1. The molecule has 1 aromatic rings. The van der Waals surface area contributed by atoms with Crippen molar-refractivity contribution in [2.45, 2.75) is 12.2 Å². The number of nitriles is 1. The van der Waals surface area contributed by atoms with Crippen LogP contribution in [0.3, 0.4) is 0 Å². The third-order valence-electron chi connectivity index (χ3n) is 2.43. The van der Waals surface area contributed by atoms with E-state index in [2.05, 4.69) is 5.32 Å². The predicted octanol–water partition coefficient (Wildman–Crippen LogP) is -0.973. The van der Waals surface area contributed by atoms with E-state index < -0.39 is 18.1 Å². The molecule has 96 valence electrons. The first kappa shape index (κ1) is 14.1. The Morgan fingerprint density at radius 2 is 1.94 bits per heavy atom. The van der Waals surface area contributed by atoms with Crippen molar-refractivity contribution in [2.75, 3.05) is 13.1 Å². The van der Waals surface area contributed by atoms with Gasteiger partial charge in [0.15, 0.2) is 0 Å². The van der Waals surface area contributed by atoms with Crippen molar-refractivity contribution in [1.29, 1.82) is 5.26 Å². The van der Waals surface area contributed by atoms with Gasteiger partial charge in [-0.05, 0) is 17.7 Å². The molecule has 5 N–H and O–H groups in total. The number of rotatable bonds is 6. The number of hydrogen-bond acceptors (Lipinski definition) is 5. The first-order valence-corrected chi connectivity index (χ1v) is 5.41. The van der Waals surface area contributed by atoms with Gasteiger partial charge >= 0.3 is 0 Å². The number of amides is 1. The number of nitrogens with zero attached hydrogens (tertiary/aromatic N) is 1. The normalized spacial score (nSPS) is 13.6. The third-order valence-corrected chi connectivity index (χ3v) is 2.43. The monoisotopic (exact) mass is 249 g/mol. The molecule has 1 amide bonds. The molecule has 0 saturated carbocycles. The molecule has 0 radical (unpaired) electrons. The maximum atomic E-state index is 10.6. The molecule has 18 heavy (non-hydrogen) atoms. The Labute approximate surface area is 105 Å². The fourth-order valence-electron chi connectivity index (χ4n) is 1.36. The summed E-state index contributed by atoms with van der Waals surface area (Å²) >= 11 is 0. The van der Waals surface area contributed by atoms with Crippen LogP contribution < -0.4 is 11.1 Å². The molecule has 0 aliphatic rings. The van der Waals surface area contributed by atoms with Crippen LogP contribution in [0.4, 0.5) is 0 Å². The molecule has 0 heterocycles. The molecule has 0 spiro atoms. The minimum atomic E-state index is -1.27. The Morgan fingerprint density at radius 1 is 1.33 bits per heavy atom. The standard InChI is InChI=1S/C12H15N3O3/c13-5-8-1-3-9(4-2-8)10(16)6-15-7-11(17)12(14)18/h1-4,10-11,15-17H,6-7H2,(H2,14,18). The van der Waals surface area contributed by atoms with Gasteiger partial charge in [0.1, 0.15) is 6.10 Å². The summed E-state index contributed by atoms with van der Waals surface area (Å²) in [6, 6.07) is 8.49. The van der Waals surface area contributed by atoms with Crippen LogP contribution in [0, 0.1) is 11.3 Å². The van der Waals surface area contributed by atoms with Gasteiger partial charge in [0.2, 0.25) is 5.91 Å². The highest BCUT2D eigenvalue weighted by atomic mass is 16.3. The second-order valence-corrected chi connectivity index (χ2v) is 3.83. The highest BCUT2D eigenvalue weighted by Gasteiger charge is 2.12. The molecule has 0 bridgehead atoms. The fourth-order valence-corrected chi connectivity index (χ4v) is 1.36. The van der Waals surface area contributed by atoms with Crippen molar-refractivity contribution < 1.29 is 15.0 Å². The SMILES string of the molecule is N#Cc1ccc(C(O)CNCC(O)C(N)=O)cc1. The third kappa shape index (κ3) is 4.14. The van der Waals surface area contributed by atoms with Gasteiger partial charge in [-0.25, -0.2) is 0 Å². The molecule has 0 aliphatic carbocycles. The maximum Gasteiger partial charge on any atom is 0.247 e. The van der Waals surface area contributed by atoms with Gasteiger partial charge in [-0.2, -0.15) is 5.26 Å². The topological polar surface area (TPSA) is 119 Å². The average molecular weight is 249 g/mol. The summed E-state index contributed by atoms with van der Waals surface area (Å²) in [7, 11) is 0. The van der Waals surface area contributed by atoms with E-state index in [1.165, 1.54) is 0 Å². The lowest BCUT2D eigenvalue weighted by atomic mass is 10.1. The maximum absolute atomic E-state index is 10.6. The second kappa shape index (κ2) is 6.71. The van der Waals surface area contributed by atoms with Crippen LogP contribution in [0.1, 0.15) is 17.2 Å². The predicted molar refractivity (Wildman–Crippen MR) is 64.2 cm³/mol. The van der Waals surface area contributed by atoms with Crippen LogP contribution in [0.15, 0.2) is 24.3 Å². The van der Waals surface area contributed by atoms with Crippen LogP contribution in [0.25, 0.3) is 0 Å². The van der Waals surface area contributed by atoms with Gasteiger partial charge in [-0.1, -0.05) is 12.1 Å². The molecular weight excluding hydrogens is 234 g/mol. The van der Waals surface area contributed by atoms with Crippen molar-refractivity contribution in [1.82, 2.24) is 5.32 Å². The summed E-state index contributed by atoms with van der Waals surface area (Å²) in [6.45, 7) is 0.166. The van der Waals surface area contributed by atoms with E-state index in [0.29, 0.717) is 11.1 Å². The van der Waals surface area contributed by atoms with Crippen molar-refractivity contribution in [2.24, 2.45) is 5.73 Å². The molecule has 0 fully saturated rings. The second-order valence-electron chi connectivity index (χ2n) is 3.83. The molecule has 2 unspecified atom stereocenters. The van der Waals surface area contributed by atoms with Crippen molar-refractivity contribution >= 4 is 5.91 Å². The molecule has 6 nitrogen and oxygen atoms in total. The number of hydrogen-bond donors (Lipinski definition) is 4. The van der Waals surface area contributed by atoms with Crippen LogP contribution in [0.5, 0.6) is 0 Å². The van der Waals surface area contributed by atoms with E-state index in [9.17, 15) is 9.90 Å². The Kier molecular flexibility index (Phi) is 5.27. The molecule has 1 rings (SSSR count). The first-order chi connectivity index (χ1) is 8.54. The van der Waals surface area contributed by atoms with Crippen molar-refractivity contribution in [3.8, 4) is 6.07 Å². The van der Waals surface area contributed by atoms with Gasteiger partial charge in [0.25, 0.3) is 0 Å². The molecular formula is C12H15N3O3. The lowest BCUT2D eigenvalue weighted by Crippen LogP contribution is -2.38. The molecule has 2 atom stereocenters. The Bertz CT molecular complexity index is 439. The highest BCUT2D eigenvalue weighted by molar-refractivity contribution is 5.78. The first-order valence-electron chi connectivity index (χ1n) is 5.41. The number of primary amides is 1. The summed E-state index contributed by atoms with van der Waals surface area (Å²) < 4.78 is 0. The van der Waals surface area contributed by atoms with Crippen LogP contribution in [-0.4, -0.2) is 35.3 Å². The van der Waals surface area contributed by atoms with Crippen molar-refractivity contribution in [3.05, 3.63) is 35.4 Å². The van der Waals surface area contributed by atoms with Gasteiger partial charge in [-0.15, -0.1) is 0 Å². The van der Waals surface area contributed by atoms with E-state index in [-0.39, 0.29) is 13.1 Å².